The zero-order valence-electron chi connectivity index (χ0n) is 24.4. The van der Waals surface area contributed by atoms with Gasteiger partial charge in [0.05, 0.1) is 17.6 Å². The molecule has 1 aromatic carbocycles. The third-order valence-corrected chi connectivity index (χ3v) is 8.77. The molecule has 0 saturated heterocycles. The van der Waals surface area contributed by atoms with Gasteiger partial charge < -0.3 is 16.0 Å². The van der Waals surface area contributed by atoms with E-state index < -0.39 is 0 Å². The van der Waals surface area contributed by atoms with E-state index in [2.05, 4.69) is 78.2 Å². The van der Waals surface area contributed by atoms with E-state index in [0.29, 0.717) is 17.9 Å². The number of nitrogens with one attached hydrogen (secondary N) is 3. The zero-order valence-corrected chi connectivity index (χ0v) is 24.4. The maximum atomic E-state index is 13.2. The second-order valence-electron chi connectivity index (χ2n) is 12.2. The smallest absolute Gasteiger partial charge is 0.270 e. The van der Waals surface area contributed by atoms with Gasteiger partial charge in [-0.25, -0.2) is 9.50 Å². The van der Waals surface area contributed by atoms with Crippen molar-refractivity contribution in [3.05, 3.63) is 77.9 Å². The van der Waals surface area contributed by atoms with E-state index in [0.717, 1.165) is 59.6 Å². The second kappa shape index (κ2) is 11.9. The molecule has 7 heteroatoms. The van der Waals surface area contributed by atoms with Crippen molar-refractivity contribution in [2.24, 2.45) is 17.3 Å². The third-order valence-electron chi connectivity index (χ3n) is 8.77. The summed E-state index contributed by atoms with van der Waals surface area (Å²) in [4.78, 5) is 17.8. The highest BCUT2D eigenvalue weighted by Gasteiger charge is 2.36. The van der Waals surface area contributed by atoms with Crippen molar-refractivity contribution < 1.29 is 4.79 Å². The maximum Gasteiger partial charge on any atom is 0.270 e. The first-order valence-electron chi connectivity index (χ1n) is 14.9. The molecule has 1 saturated carbocycles. The number of aryl methyl sites for hydroxylation is 1. The number of allylic oxidation sites excluding steroid dienone is 1. The molecule has 2 aromatic heterocycles. The highest BCUT2D eigenvalue weighted by molar-refractivity contribution is 5.93. The van der Waals surface area contributed by atoms with Crippen LogP contribution in [0.25, 0.3) is 11.3 Å². The summed E-state index contributed by atoms with van der Waals surface area (Å²) in [5.41, 5.74) is 7.12. The molecule has 0 spiro atoms. The molecule has 2 aliphatic rings. The van der Waals surface area contributed by atoms with Gasteiger partial charge in [0.15, 0.2) is 5.65 Å². The van der Waals surface area contributed by atoms with E-state index in [1.807, 2.05) is 6.07 Å². The first kappa shape index (κ1) is 27.9. The van der Waals surface area contributed by atoms with Gasteiger partial charge in [-0.2, -0.15) is 5.10 Å². The third kappa shape index (κ3) is 6.24. The van der Waals surface area contributed by atoms with Gasteiger partial charge in [0.2, 0.25) is 0 Å². The number of fused-ring (bicyclic) bond motifs is 2. The number of rotatable bonds is 10. The molecule has 1 aliphatic heterocycles. The summed E-state index contributed by atoms with van der Waals surface area (Å²) >= 11 is 0. The van der Waals surface area contributed by atoms with Gasteiger partial charge in [0, 0.05) is 30.5 Å². The maximum absolute atomic E-state index is 13.2. The van der Waals surface area contributed by atoms with Crippen LogP contribution in [0.4, 0.5) is 5.69 Å². The highest BCUT2D eigenvalue weighted by Crippen LogP contribution is 2.44. The first-order valence-corrected chi connectivity index (χ1v) is 14.9. The number of hydrogen-bond acceptors (Lipinski definition) is 5. The van der Waals surface area contributed by atoms with Crippen LogP contribution in [0.5, 0.6) is 0 Å². The van der Waals surface area contributed by atoms with Crippen molar-refractivity contribution in [2.45, 2.75) is 78.7 Å². The average molecular weight is 541 g/mol. The molecule has 3 unspecified atom stereocenters. The standard InChI is InChI=1S/C33H44N6O/c1-6-8-25-15-24(7-2)18-33(5,19-25)21-35-23(4)30-17-29(38-31-13-14-36-39(30)31)32(40)34-20-26-10-12-27-11-9-22(3)37-28(27)16-26/h10,12-14,16-17,24-25,35,37H,3-4,6-9,11,15,18-21H2,1-2,5H3,(H,34,40). The number of aromatic nitrogens is 3. The van der Waals surface area contributed by atoms with E-state index in [9.17, 15) is 4.79 Å². The van der Waals surface area contributed by atoms with Crippen LogP contribution in [-0.2, 0) is 13.0 Å². The molecule has 212 valence electrons. The normalized spacial score (nSPS) is 22.4. The minimum absolute atomic E-state index is 0.217. The number of carbonyl (C=O) groups is 1. The van der Waals surface area contributed by atoms with Crippen molar-refractivity contribution in [1.29, 1.82) is 0 Å². The van der Waals surface area contributed by atoms with Crippen LogP contribution in [0.3, 0.4) is 0 Å². The fourth-order valence-corrected chi connectivity index (χ4v) is 6.73. The van der Waals surface area contributed by atoms with Crippen LogP contribution in [0.1, 0.15) is 93.0 Å². The van der Waals surface area contributed by atoms with Crippen LogP contribution in [0, 0.1) is 17.3 Å². The zero-order chi connectivity index (χ0) is 28.3. The lowest BCUT2D eigenvalue weighted by molar-refractivity contribution is 0.0945. The monoisotopic (exact) mass is 540 g/mol. The van der Waals surface area contributed by atoms with Gasteiger partial charge in [-0.15, -0.1) is 0 Å². The lowest BCUT2D eigenvalue weighted by Crippen LogP contribution is -2.38. The summed E-state index contributed by atoms with van der Waals surface area (Å²) in [6.07, 6.45) is 11.3. The molecule has 3 heterocycles. The molecule has 40 heavy (non-hydrogen) atoms. The predicted octanol–water partition coefficient (Wildman–Crippen LogP) is 6.72. The Labute approximate surface area is 238 Å². The Kier molecular flexibility index (Phi) is 8.29. The summed E-state index contributed by atoms with van der Waals surface area (Å²) in [6.45, 7) is 16.7. The average Bonchev–Trinajstić information content (AvgIpc) is 3.42. The lowest BCUT2D eigenvalue weighted by Gasteiger charge is -2.43. The van der Waals surface area contributed by atoms with Crippen LogP contribution in [-0.4, -0.2) is 27.0 Å². The predicted molar refractivity (Wildman–Crippen MR) is 163 cm³/mol. The molecular formula is C33H44N6O. The van der Waals surface area contributed by atoms with E-state index in [1.54, 1.807) is 16.8 Å². The van der Waals surface area contributed by atoms with E-state index in [4.69, 9.17) is 0 Å². The second-order valence-corrected chi connectivity index (χ2v) is 12.2. The van der Waals surface area contributed by atoms with Crippen LogP contribution in [0.2, 0.25) is 0 Å². The molecule has 0 bridgehead atoms. The molecule has 3 N–H and O–H groups in total. The summed E-state index contributed by atoms with van der Waals surface area (Å²) in [7, 11) is 0. The fraction of sp³-hybridized carbons (Fsp3) is 0.485. The van der Waals surface area contributed by atoms with E-state index >= 15 is 0 Å². The molecule has 5 rings (SSSR count). The molecule has 1 amide bonds. The van der Waals surface area contributed by atoms with Crippen LogP contribution >= 0.6 is 0 Å². The number of amides is 1. The number of anilines is 1. The number of carbonyl (C=O) groups excluding carboxylic acids is 1. The highest BCUT2D eigenvalue weighted by atomic mass is 16.1. The van der Waals surface area contributed by atoms with Crippen molar-refractivity contribution >= 4 is 22.9 Å². The SMILES string of the molecule is C=C1CCc2ccc(CNC(=O)c3cc(C(=C)NCC4(C)CC(CC)CC(CCC)C4)n4nccc4n3)cc2N1. The van der Waals surface area contributed by atoms with Crippen molar-refractivity contribution in [3.8, 4) is 0 Å². The quantitative estimate of drug-likeness (QED) is 0.266. The molecule has 7 nitrogen and oxygen atoms in total. The minimum atomic E-state index is -0.222. The molecule has 1 fully saturated rings. The molecule has 1 aliphatic carbocycles. The summed E-state index contributed by atoms with van der Waals surface area (Å²) in [6, 6.07) is 9.89. The molecule has 3 atom stereocenters. The van der Waals surface area contributed by atoms with Crippen molar-refractivity contribution in [1.82, 2.24) is 25.2 Å². The number of nitrogens with zero attached hydrogens (tertiary/aromatic N) is 3. The lowest BCUT2D eigenvalue weighted by atomic mass is 9.65. The number of benzene rings is 1. The Morgan fingerprint density at radius 1 is 1.15 bits per heavy atom. The Morgan fingerprint density at radius 2 is 1.98 bits per heavy atom. The topological polar surface area (TPSA) is 83.4 Å². The fourth-order valence-electron chi connectivity index (χ4n) is 6.73. The van der Waals surface area contributed by atoms with Gasteiger partial charge in [0.1, 0.15) is 5.69 Å². The Bertz CT molecular complexity index is 1410. The summed E-state index contributed by atoms with van der Waals surface area (Å²) in [5.74, 6) is 1.35. The Hall–Kier alpha value is -3.61. The van der Waals surface area contributed by atoms with Gasteiger partial charge in [-0.3, -0.25) is 4.79 Å². The van der Waals surface area contributed by atoms with E-state index in [1.165, 1.54) is 44.1 Å². The largest absolute Gasteiger partial charge is 0.383 e. The Morgan fingerprint density at radius 3 is 2.77 bits per heavy atom. The van der Waals surface area contributed by atoms with Gasteiger partial charge in [-0.1, -0.05) is 65.3 Å². The van der Waals surface area contributed by atoms with Crippen LogP contribution < -0.4 is 16.0 Å². The van der Waals surface area contributed by atoms with Gasteiger partial charge in [-0.05, 0) is 72.6 Å². The minimum Gasteiger partial charge on any atom is -0.383 e. The van der Waals surface area contributed by atoms with Crippen molar-refractivity contribution in [2.75, 3.05) is 11.9 Å². The van der Waals surface area contributed by atoms with Gasteiger partial charge >= 0.3 is 0 Å². The molecule has 3 aromatic rings. The summed E-state index contributed by atoms with van der Waals surface area (Å²) in [5, 5.41) is 14.5. The molecular weight excluding hydrogens is 496 g/mol. The van der Waals surface area contributed by atoms with Crippen molar-refractivity contribution in [3.63, 3.8) is 0 Å². The summed E-state index contributed by atoms with van der Waals surface area (Å²) < 4.78 is 1.76. The number of hydrogen-bond donors (Lipinski definition) is 3. The Balaban J connectivity index is 1.28. The van der Waals surface area contributed by atoms with Gasteiger partial charge in [0.25, 0.3) is 5.91 Å². The first-order chi connectivity index (χ1) is 19.3. The van der Waals surface area contributed by atoms with E-state index in [-0.39, 0.29) is 11.3 Å². The van der Waals surface area contributed by atoms with Crippen LogP contribution in [0.15, 0.2) is 55.4 Å². The molecule has 0 radical (unpaired) electrons.